The molecule has 26 heavy (non-hydrogen) atoms. The molecule has 0 unspecified atom stereocenters. The van der Waals surface area contributed by atoms with Crippen molar-refractivity contribution in [3.05, 3.63) is 41.3 Å². The normalized spacial score (nSPS) is 17.4. The van der Waals surface area contributed by atoms with Crippen molar-refractivity contribution in [2.75, 3.05) is 24.5 Å². The molecular weight excluding hydrogens is 344 g/mol. The Morgan fingerprint density at radius 1 is 1.00 bits per heavy atom. The molecule has 1 aromatic carbocycles. The average molecular weight is 371 g/mol. The fourth-order valence-corrected chi connectivity index (χ4v) is 4.34. The van der Waals surface area contributed by atoms with Crippen molar-refractivity contribution in [2.45, 2.75) is 38.5 Å². The molecule has 4 rings (SSSR count). The third-order valence-electron chi connectivity index (χ3n) is 4.79. The van der Waals surface area contributed by atoms with Crippen LogP contribution in [0.15, 0.2) is 36.4 Å². The molecule has 0 spiro atoms. The fraction of sp³-hybridized carbons (Fsp3) is 0.429. The molecule has 5 heteroatoms. The minimum atomic E-state index is 0.0109. The third kappa shape index (κ3) is 4.80. The van der Waals surface area contributed by atoms with Gasteiger partial charge in [-0.3, -0.25) is 9.59 Å². The summed E-state index contributed by atoms with van der Waals surface area (Å²) < 4.78 is 0. The zero-order chi connectivity index (χ0) is 18.2. The van der Waals surface area contributed by atoms with Crippen molar-refractivity contribution in [1.29, 1.82) is 0 Å². The van der Waals surface area contributed by atoms with Crippen LogP contribution in [0.2, 0.25) is 0 Å². The van der Waals surface area contributed by atoms with E-state index in [1.54, 1.807) is 4.90 Å². The highest BCUT2D eigenvalue weighted by Crippen LogP contribution is 2.36. The molecule has 1 saturated heterocycles. The Labute approximate surface area is 159 Å². The molecule has 1 saturated carbocycles. The standard InChI is InChI=1S/C15H14N2O2S.C6H12/c18-10-14-12(17-7-6-16-9-15(17)19)8-13(20-14)11-4-2-1-3-5-11;1-2-4-6-5-3-1/h1-5,8,10,16H,6-7,9H2;1-6H2. The summed E-state index contributed by atoms with van der Waals surface area (Å²) in [6, 6.07) is 11.8. The van der Waals surface area contributed by atoms with Crippen LogP contribution in [0.1, 0.15) is 48.2 Å². The fourth-order valence-electron chi connectivity index (χ4n) is 3.36. The molecule has 138 valence electrons. The molecule has 4 nitrogen and oxygen atoms in total. The maximum atomic E-state index is 12.0. The van der Waals surface area contributed by atoms with E-state index >= 15 is 0 Å². The molecule has 0 bridgehead atoms. The number of carbonyl (C=O) groups is 2. The summed E-state index contributed by atoms with van der Waals surface area (Å²) in [4.78, 5) is 26.6. The van der Waals surface area contributed by atoms with Crippen molar-refractivity contribution in [3.63, 3.8) is 0 Å². The monoisotopic (exact) mass is 370 g/mol. The number of anilines is 1. The van der Waals surface area contributed by atoms with Crippen LogP contribution < -0.4 is 10.2 Å². The minimum absolute atomic E-state index is 0.0109. The Balaban J connectivity index is 0.000000278. The van der Waals surface area contributed by atoms with Gasteiger partial charge in [0.2, 0.25) is 5.91 Å². The van der Waals surface area contributed by atoms with E-state index in [1.165, 1.54) is 49.9 Å². The average Bonchev–Trinajstić information content (AvgIpc) is 3.15. The number of piperazine rings is 1. The third-order valence-corrected chi connectivity index (χ3v) is 5.88. The number of rotatable bonds is 3. The Morgan fingerprint density at radius 3 is 2.23 bits per heavy atom. The summed E-state index contributed by atoms with van der Waals surface area (Å²) in [5.41, 5.74) is 1.80. The lowest BCUT2D eigenvalue weighted by molar-refractivity contribution is -0.118. The van der Waals surface area contributed by atoms with E-state index in [2.05, 4.69) is 5.32 Å². The van der Waals surface area contributed by atoms with E-state index in [9.17, 15) is 9.59 Å². The van der Waals surface area contributed by atoms with Crippen LogP contribution in [0.3, 0.4) is 0 Å². The largest absolute Gasteiger partial charge is 0.308 e. The van der Waals surface area contributed by atoms with Crippen molar-refractivity contribution in [2.24, 2.45) is 0 Å². The van der Waals surface area contributed by atoms with Gasteiger partial charge < -0.3 is 10.2 Å². The van der Waals surface area contributed by atoms with Gasteiger partial charge in [0.25, 0.3) is 0 Å². The molecule has 2 heterocycles. The van der Waals surface area contributed by atoms with Crippen molar-refractivity contribution in [1.82, 2.24) is 5.32 Å². The number of benzene rings is 1. The predicted octanol–water partition coefficient (Wildman–Crippen LogP) is 4.50. The number of amides is 1. The Kier molecular flexibility index (Phi) is 6.97. The minimum Gasteiger partial charge on any atom is -0.308 e. The first-order chi connectivity index (χ1) is 12.8. The summed E-state index contributed by atoms with van der Waals surface area (Å²) >= 11 is 1.43. The van der Waals surface area contributed by atoms with Crippen molar-refractivity contribution in [3.8, 4) is 10.4 Å². The van der Waals surface area contributed by atoms with Gasteiger partial charge in [0, 0.05) is 18.0 Å². The molecule has 1 aliphatic heterocycles. The zero-order valence-electron chi connectivity index (χ0n) is 15.1. The van der Waals surface area contributed by atoms with Gasteiger partial charge in [-0.15, -0.1) is 11.3 Å². The molecule has 1 aliphatic carbocycles. The van der Waals surface area contributed by atoms with E-state index in [0.717, 1.165) is 29.0 Å². The lowest BCUT2D eigenvalue weighted by Crippen LogP contribution is -2.48. The van der Waals surface area contributed by atoms with Gasteiger partial charge in [-0.1, -0.05) is 68.9 Å². The molecule has 1 amide bonds. The Hall–Kier alpha value is -1.98. The van der Waals surface area contributed by atoms with Gasteiger partial charge >= 0.3 is 0 Å². The maximum absolute atomic E-state index is 12.0. The first kappa shape index (κ1) is 18.8. The second-order valence-electron chi connectivity index (χ2n) is 6.69. The topological polar surface area (TPSA) is 49.4 Å². The van der Waals surface area contributed by atoms with Crippen LogP contribution in [0.4, 0.5) is 5.69 Å². The SMILES string of the molecule is C1CCCCC1.O=Cc1sc(-c2ccccc2)cc1N1CCNCC1=O. The van der Waals surface area contributed by atoms with Crippen LogP contribution in [0, 0.1) is 0 Å². The molecule has 2 aliphatic rings. The summed E-state index contributed by atoms with van der Waals surface area (Å²) in [6.07, 6.45) is 9.84. The van der Waals surface area contributed by atoms with Gasteiger partial charge in [-0.05, 0) is 11.6 Å². The quantitative estimate of drug-likeness (QED) is 0.809. The first-order valence-corrected chi connectivity index (χ1v) is 10.3. The molecule has 0 atom stereocenters. The van der Waals surface area contributed by atoms with Crippen LogP contribution in [-0.2, 0) is 4.79 Å². The number of nitrogens with zero attached hydrogens (tertiary/aromatic N) is 1. The highest BCUT2D eigenvalue weighted by atomic mass is 32.1. The van der Waals surface area contributed by atoms with Crippen molar-refractivity contribution < 1.29 is 9.59 Å². The van der Waals surface area contributed by atoms with Gasteiger partial charge in [0.15, 0.2) is 6.29 Å². The molecule has 2 fully saturated rings. The molecular formula is C21H26N2O2S. The van der Waals surface area contributed by atoms with E-state index in [0.29, 0.717) is 18.0 Å². The lowest BCUT2D eigenvalue weighted by Gasteiger charge is -2.26. The number of thiophene rings is 1. The molecule has 0 radical (unpaired) electrons. The summed E-state index contributed by atoms with van der Waals surface area (Å²) in [5, 5.41) is 3.03. The first-order valence-electron chi connectivity index (χ1n) is 9.45. The number of carbonyl (C=O) groups excluding carboxylic acids is 2. The lowest BCUT2D eigenvalue weighted by atomic mass is 10.0. The molecule has 1 N–H and O–H groups in total. The second-order valence-corrected chi connectivity index (χ2v) is 7.77. The molecule has 2 aromatic rings. The summed E-state index contributed by atoms with van der Waals surface area (Å²) in [7, 11) is 0. The predicted molar refractivity (Wildman–Crippen MR) is 108 cm³/mol. The highest BCUT2D eigenvalue weighted by molar-refractivity contribution is 7.17. The van der Waals surface area contributed by atoms with Crippen LogP contribution in [-0.4, -0.2) is 31.8 Å². The van der Waals surface area contributed by atoms with Crippen molar-refractivity contribution >= 4 is 29.2 Å². The van der Waals surface area contributed by atoms with E-state index in [-0.39, 0.29) is 5.91 Å². The van der Waals surface area contributed by atoms with E-state index < -0.39 is 0 Å². The molecule has 1 aromatic heterocycles. The number of hydrogen-bond acceptors (Lipinski definition) is 4. The maximum Gasteiger partial charge on any atom is 0.241 e. The number of aldehydes is 1. The van der Waals surface area contributed by atoms with Gasteiger partial charge in [0.1, 0.15) is 0 Å². The Bertz CT molecular complexity index is 711. The summed E-state index contributed by atoms with van der Waals surface area (Å²) in [6.45, 7) is 1.68. The van der Waals surface area contributed by atoms with Gasteiger partial charge in [-0.2, -0.15) is 0 Å². The second kappa shape index (κ2) is 9.64. The number of hydrogen-bond donors (Lipinski definition) is 1. The summed E-state index contributed by atoms with van der Waals surface area (Å²) in [5.74, 6) is 0.0109. The number of nitrogens with one attached hydrogen (secondary N) is 1. The van der Waals surface area contributed by atoms with Crippen LogP contribution >= 0.6 is 11.3 Å². The van der Waals surface area contributed by atoms with Gasteiger partial charge in [0.05, 0.1) is 17.1 Å². The highest BCUT2D eigenvalue weighted by Gasteiger charge is 2.23. The van der Waals surface area contributed by atoms with E-state index in [1.807, 2.05) is 36.4 Å². The van der Waals surface area contributed by atoms with Crippen LogP contribution in [0.25, 0.3) is 10.4 Å². The van der Waals surface area contributed by atoms with Gasteiger partial charge in [-0.25, -0.2) is 0 Å². The van der Waals surface area contributed by atoms with E-state index in [4.69, 9.17) is 0 Å². The zero-order valence-corrected chi connectivity index (χ0v) is 15.9. The van der Waals surface area contributed by atoms with Crippen LogP contribution in [0.5, 0.6) is 0 Å². The Morgan fingerprint density at radius 2 is 1.65 bits per heavy atom. The smallest absolute Gasteiger partial charge is 0.241 e.